The summed E-state index contributed by atoms with van der Waals surface area (Å²) in [7, 11) is 2.07. The van der Waals surface area contributed by atoms with Gasteiger partial charge in [-0.3, -0.25) is 9.59 Å². The van der Waals surface area contributed by atoms with Gasteiger partial charge in [0, 0.05) is 43.7 Å². The van der Waals surface area contributed by atoms with Crippen LogP contribution in [0.25, 0.3) is 22.3 Å². The molecule has 3 aliphatic heterocycles. The molecule has 1 N–H and O–H groups in total. The number of aromatic nitrogens is 3. The highest BCUT2D eigenvalue weighted by atomic mass is 35.5. The topological polar surface area (TPSA) is 112 Å². The Kier molecular flexibility index (Phi) is 7.95. The average Bonchev–Trinajstić information content (AvgIpc) is 3.38. The van der Waals surface area contributed by atoms with Gasteiger partial charge in [-0.1, -0.05) is 17.7 Å². The number of likely N-dealkylation sites (N-methyl/N-ethyl adjacent to an activating group) is 1. The largest absolute Gasteiger partial charge is 0.507 e. The smallest absolute Gasteiger partial charge is 0.320 e. The van der Waals surface area contributed by atoms with E-state index in [9.17, 15) is 19.1 Å². The van der Waals surface area contributed by atoms with Gasteiger partial charge in [0.1, 0.15) is 24.0 Å². The first-order valence-electron chi connectivity index (χ1n) is 14.5. The molecule has 3 aliphatic rings. The molecule has 0 saturated carbocycles. The number of carbonyl (C=O) groups is 2. The molecule has 226 valence electrons. The fraction of sp³-hybridized carbons (Fsp3) is 0.452. The van der Waals surface area contributed by atoms with E-state index in [1.54, 1.807) is 11.0 Å². The third kappa shape index (κ3) is 5.88. The van der Waals surface area contributed by atoms with Crippen LogP contribution in [0.5, 0.6) is 11.8 Å². The molecule has 10 nitrogen and oxygen atoms in total. The number of nitrogens with zero attached hydrogens (tertiary/aromatic N) is 6. The van der Waals surface area contributed by atoms with Crippen molar-refractivity contribution in [3.8, 4) is 23.0 Å². The number of rotatable bonds is 7. The number of aromatic hydroxyl groups is 1. The number of likely N-dealkylation sites (tertiary alicyclic amines) is 2. The zero-order chi connectivity index (χ0) is 30.3. The van der Waals surface area contributed by atoms with E-state index in [1.165, 1.54) is 37.3 Å². The van der Waals surface area contributed by atoms with Gasteiger partial charge in [-0.25, -0.2) is 9.37 Å². The van der Waals surface area contributed by atoms with Gasteiger partial charge in [0.05, 0.1) is 21.7 Å². The molecule has 0 aliphatic carbocycles. The molecule has 1 atom stereocenters. The molecule has 3 fully saturated rings. The second-order valence-corrected chi connectivity index (χ2v) is 12.3. The highest BCUT2D eigenvalue weighted by molar-refractivity contribution is 6.34. The molecule has 0 bridgehead atoms. The minimum Gasteiger partial charge on any atom is -0.507 e. The summed E-state index contributed by atoms with van der Waals surface area (Å²) >= 11 is 6.65. The summed E-state index contributed by atoms with van der Waals surface area (Å²) in [6.45, 7) is 5.55. The van der Waals surface area contributed by atoms with E-state index in [0.717, 1.165) is 32.2 Å². The molecule has 3 aromatic rings. The number of halogens is 2. The summed E-state index contributed by atoms with van der Waals surface area (Å²) in [5, 5.41) is 11.2. The van der Waals surface area contributed by atoms with Crippen molar-refractivity contribution in [3.63, 3.8) is 0 Å². The van der Waals surface area contributed by atoms with Gasteiger partial charge in [0.15, 0.2) is 11.4 Å². The number of hydrogen-bond acceptors (Lipinski definition) is 9. The predicted molar refractivity (Wildman–Crippen MR) is 161 cm³/mol. The lowest BCUT2D eigenvalue weighted by atomic mass is 9.72. The van der Waals surface area contributed by atoms with E-state index < -0.39 is 5.82 Å². The highest BCUT2D eigenvalue weighted by Crippen LogP contribution is 2.43. The summed E-state index contributed by atoms with van der Waals surface area (Å²) in [4.78, 5) is 43.8. The number of phenolic OH excluding ortho intramolecular Hbond substituents is 1. The van der Waals surface area contributed by atoms with Gasteiger partial charge in [-0.05, 0) is 70.5 Å². The maximum Gasteiger partial charge on any atom is 0.320 e. The van der Waals surface area contributed by atoms with E-state index in [1.807, 2.05) is 0 Å². The summed E-state index contributed by atoms with van der Waals surface area (Å²) in [6, 6.07) is 6.16. The Bertz CT molecular complexity index is 1580. The fourth-order valence-corrected chi connectivity index (χ4v) is 6.55. The lowest BCUT2D eigenvalue weighted by molar-refractivity contribution is -0.139. The standard InChI is InChI=1S/C31H34ClFN6O4/c1-19(40)8-9-25(42)39-17-31(18-39)10-13-38(14-11-31)29-21-15-22(32)27(26-23(33)6-3-7-24(26)41)34-28(21)35-30(36-29)43-16-20-5-4-12-37(20)2/h3,6-9,15,20,41H,4-5,10-14,16-18H2,1-2H3/b9-8+/t20-/m0/s1. The van der Waals surface area contributed by atoms with Crippen LogP contribution in [-0.4, -0.2) is 94.0 Å². The number of phenols is 1. The van der Waals surface area contributed by atoms with Crippen molar-refractivity contribution in [3.05, 3.63) is 47.3 Å². The maximum atomic E-state index is 14.8. The molecular weight excluding hydrogens is 575 g/mol. The van der Waals surface area contributed by atoms with Crippen LogP contribution in [0.2, 0.25) is 5.02 Å². The molecule has 0 unspecified atom stereocenters. The average molecular weight is 609 g/mol. The van der Waals surface area contributed by atoms with E-state index in [4.69, 9.17) is 21.3 Å². The monoisotopic (exact) mass is 608 g/mol. The highest BCUT2D eigenvalue weighted by Gasteiger charge is 2.46. The number of amides is 1. The van der Waals surface area contributed by atoms with Crippen molar-refractivity contribution in [2.24, 2.45) is 5.41 Å². The van der Waals surface area contributed by atoms with Crippen LogP contribution >= 0.6 is 11.6 Å². The van der Waals surface area contributed by atoms with Crippen LogP contribution in [0.4, 0.5) is 10.2 Å². The van der Waals surface area contributed by atoms with Gasteiger partial charge in [-0.15, -0.1) is 0 Å². The van der Waals surface area contributed by atoms with Crippen LogP contribution in [0.15, 0.2) is 36.4 Å². The zero-order valence-electron chi connectivity index (χ0n) is 24.2. The van der Waals surface area contributed by atoms with Gasteiger partial charge in [0.25, 0.3) is 0 Å². The molecule has 1 aromatic carbocycles. The quantitative estimate of drug-likeness (QED) is 0.394. The third-order valence-corrected chi connectivity index (χ3v) is 9.14. The first kappa shape index (κ1) is 29.3. The molecule has 5 heterocycles. The maximum absolute atomic E-state index is 14.8. The minimum atomic E-state index is -0.644. The van der Waals surface area contributed by atoms with Crippen molar-refractivity contribution in [1.82, 2.24) is 24.8 Å². The van der Waals surface area contributed by atoms with Crippen molar-refractivity contribution in [1.29, 1.82) is 0 Å². The van der Waals surface area contributed by atoms with E-state index in [2.05, 4.69) is 26.8 Å². The van der Waals surface area contributed by atoms with Crippen molar-refractivity contribution >= 4 is 40.1 Å². The lowest BCUT2D eigenvalue weighted by Gasteiger charge is -2.54. The normalized spacial score (nSPS) is 20.2. The number of pyridine rings is 1. The van der Waals surface area contributed by atoms with Gasteiger partial charge < -0.3 is 24.5 Å². The fourth-order valence-electron chi connectivity index (χ4n) is 6.31. The molecule has 6 rings (SSSR count). The van der Waals surface area contributed by atoms with E-state index in [0.29, 0.717) is 49.6 Å². The van der Waals surface area contributed by atoms with Crippen LogP contribution in [0.3, 0.4) is 0 Å². The molecule has 0 radical (unpaired) electrons. The van der Waals surface area contributed by atoms with Crippen molar-refractivity contribution in [2.45, 2.75) is 38.6 Å². The Morgan fingerprint density at radius 2 is 1.93 bits per heavy atom. The Labute approximate surface area is 254 Å². The second kappa shape index (κ2) is 11.7. The van der Waals surface area contributed by atoms with Gasteiger partial charge in [0.2, 0.25) is 5.91 Å². The summed E-state index contributed by atoms with van der Waals surface area (Å²) in [5.41, 5.74) is 0.315. The van der Waals surface area contributed by atoms with Crippen LogP contribution in [0, 0.1) is 11.2 Å². The number of hydrogen-bond donors (Lipinski definition) is 1. The van der Waals surface area contributed by atoms with Gasteiger partial charge in [-0.2, -0.15) is 9.97 Å². The SMILES string of the molecule is CC(=O)/C=C/C(=O)N1CC2(CCN(c3nc(OC[C@@H]4CCCN4C)nc4nc(-c5c(O)cccc5F)c(Cl)cc34)CC2)C1. The lowest BCUT2D eigenvalue weighted by Crippen LogP contribution is -2.61. The molecule has 1 amide bonds. The molecule has 43 heavy (non-hydrogen) atoms. The Balaban J connectivity index is 1.28. The Hall–Kier alpha value is -3.83. The van der Waals surface area contributed by atoms with Crippen molar-refractivity contribution < 1.29 is 23.8 Å². The molecule has 12 heteroatoms. The number of benzene rings is 1. The Morgan fingerprint density at radius 1 is 1.16 bits per heavy atom. The molecule has 2 aromatic heterocycles. The summed E-state index contributed by atoms with van der Waals surface area (Å²) in [6.07, 6.45) is 6.48. The second-order valence-electron chi connectivity index (χ2n) is 11.9. The number of ketones is 1. The van der Waals surface area contributed by atoms with E-state index in [-0.39, 0.29) is 51.2 Å². The number of fused-ring (bicyclic) bond motifs is 1. The number of piperidine rings is 1. The predicted octanol–water partition coefficient (Wildman–Crippen LogP) is 4.24. The van der Waals surface area contributed by atoms with Crippen LogP contribution in [0.1, 0.15) is 32.6 Å². The molecule has 1 spiro atoms. The number of ether oxygens (including phenoxy) is 1. The molecular formula is C31H34ClFN6O4. The van der Waals surface area contributed by atoms with Crippen LogP contribution < -0.4 is 9.64 Å². The van der Waals surface area contributed by atoms with Gasteiger partial charge >= 0.3 is 6.01 Å². The first-order chi connectivity index (χ1) is 20.6. The summed E-state index contributed by atoms with van der Waals surface area (Å²) < 4.78 is 20.9. The third-order valence-electron chi connectivity index (χ3n) is 8.85. The minimum absolute atomic E-state index is 0.0247. The van der Waals surface area contributed by atoms with Crippen molar-refractivity contribution in [2.75, 3.05) is 51.3 Å². The number of allylic oxidation sites excluding steroid dienone is 1. The first-order valence-corrected chi connectivity index (χ1v) is 14.9. The number of carbonyl (C=O) groups excluding carboxylic acids is 2. The zero-order valence-corrected chi connectivity index (χ0v) is 25.0. The molecule has 3 saturated heterocycles. The Morgan fingerprint density at radius 3 is 2.60 bits per heavy atom. The van der Waals surface area contributed by atoms with E-state index >= 15 is 0 Å². The summed E-state index contributed by atoms with van der Waals surface area (Å²) in [5.74, 6) is -0.577. The number of anilines is 1. The van der Waals surface area contributed by atoms with Crippen LogP contribution in [-0.2, 0) is 9.59 Å².